The monoisotopic (exact) mass is 181 g/mol. The first-order valence-electron chi connectivity index (χ1n) is 3.62. The average molecular weight is 182 g/mol. The summed E-state index contributed by atoms with van der Waals surface area (Å²) in [5, 5.41) is 10.8. The van der Waals surface area contributed by atoms with Crippen LogP contribution in [0.2, 0.25) is 5.02 Å². The Labute approximate surface area is 75.0 Å². The van der Waals surface area contributed by atoms with Crippen molar-refractivity contribution in [1.82, 2.24) is 4.57 Å². The van der Waals surface area contributed by atoms with E-state index in [4.69, 9.17) is 11.6 Å². The maximum Gasteiger partial charge on any atom is 0.142 e. The van der Waals surface area contributed by atoms with Gasteiger partial charge in [0.2, 0.25) is 0 Å². The first-order valence-corrected chi connectivity index (χ1v) is 4.00. The molecule has 2 nitrogen and oxygen atoms in total. The van der Waals surface area contributed by atoms with E-state index in [1.807, 2.05) is 23.7 Å². The Morgan fingerprint density at radius 1 is 1.42 bits per heavy atom. The lowest BCUT2D eigenvalue weighted by atomic mass is 10.2. The summed E-state index contributed by atoms with van der Waals surface area (Å²) < 4.78 is 1.84. The second-order valence-electron chi connectivity index (χ2n) is 2.76. The molecule has 0 fully saturated rings. The summed E-state index contributed by atoms with van der Waals surface area (Å²) in [6.45, 7) is 0. The molecule has 0 aliphatic heterocycles. The van der Waals surface area contributed by atoms with Crippen LogP contribution in [0.4, 0.5) is 0 Å². The molecule has 1 aromatic carbocycles. The van der Waals surface area contributed by atoms with Gasteiger partial charge in [-0.2, -0.15) is 0 Å². The summed E-state index contributed by atoms with van der Waals surface area (Å²) in [5.74, 6) is 0.234. The Hall–Kier alpha value is -1.15. The van der Waals surface area contributed by atoms with Crippen molar-refractivity contribution in [2.24, 2.45) is 7.05 Å². The van der Waals surface area contributed by atoms with Crippen molar-refractivity contribution in [3.8, 4) is 5.75 Å². The molecule has 1 N–H and O–H groups in total. The number of rotatable bonds is 0. The molecule has 0 spiro atoms. The zero-order valence-corrected chi connectivity index (χ0v) is 7.34. The van der Waals surface area contributed by atoms with E-state index in [0.29, 0.717) is 5.02 Å². The number of hydrogen-bond donors (Lipinski definition) is 1. The molecule has 12 heavy (non-hydrogen) atoms. The van der Waals surface area contributed by atoms with Gasteiger partial charge in [0.05, 0.1) is 15.9 Å². The van der Waals surface area contributed by atoms with Gasteiger partial charge in [0, 0.05) is 13.2 Å². The minimum Gasteiger partial charge on any atom is -0.506 e. The highest BCUT2D eigenvalue weighted by Crippen LogP contribution is 2.32. The highest BCUT2D eigenvalue weighted by Gasteiger charge is 2.07. The number of fused-ring (bicyclic) bond motifs is 1. The Bertz CT molecular complexity index is 433. The van der Waals surface area contributed by atoms with E-state index >= 15 is 0 Å². The minimum absolute atomic E-state index is 0.234. The normalized spacial score (nSPS) is 10.8. The van der Waals surface area contributed by atoms with Gasteiger partial charge in [0.15, 0.2) is 0 Å². The lowest BCUT2D eigenvalue weighted by Crippen LogP contribution is -1.82. The van der Waals surface area contributed by atoms with Crippen molar-refractivity contribution < 1.29 is 5.11 Å². The molecule has 0 saturated heterocycles. The summed E-state index contributed by atoms with van der Waals surface area (Å²) in [6, 6.07) is 5.55. The summed E-state index contributed by atoms with van der Waals surface area (Å²) >= 11 is 5.90. The molecule has 0 unspecified atom stereocenters. The summed E-state index contributed by atoms with van der Waals surface area (Å²) in [4.78, 5) is 0. The van der Waals surface area contributed by atoms with E-state index in [0.717, 1.165) is 10.9 Å². The molecule has 62 valence electrons. The molecule has 1 heterocycles. The predicted octanol–water partition coefficient (Wildman–Crippen LogP) is 2.54. The molecule has 0 amide bonds. The molecule has 0 radical (unpaired) electrons. The fraction of sp³-hybridized carbons (Fsp3) is 0.111. The van der Waals surface area contributed by atoms with Gasteiger partial charge >= 0.3 is 0 Å². The van der Waals surface area contributed by atoms with E-state index in [-0.39, 0.29) is 5.75 Å². The van der Waals surface area contributed by atoms with Crippen LogP contribution in [-0.2, 0) is 7.05 Å². The standard InChI is InChI=1S/C9H8ClNO/c1-11-5-8(12)9-6(10)3-2-4-7(9)11/h2-5,12H,1H3. The molecule has 0 atom stereocenters. The third kappa shape index (κ3) is 0.883. The Balaban J connectivity index is 2.99. The molecule has 2 aromatic rings. The van der Waals surface area contributed by atoms with E-state index < -0.39 is 0 Å². The molecule has 0 bridgehead atoms. The van der Waals surface area contributed by atoms with Crippen LogP contribution in [0.5, 0.6) is 5.75 Å². The van der Waals surface area contributed by atoms with Crippen LogP contribution < -0.4 is 0 Å². The van der Waals surface area contributed by atoms with Crippen molar-refractivity contribution in [2.45, 2.75) is 0 Å². The molecule has 0 aliphatic carbocycles. The van der Waals surface area contributed by atoms with Crippen LogP contribution in [0, 0.1) is 0 Å². The number of benzene rings is 1. The number of nitrogens with zero attached hydrogens (tertiary/aromatic N) is 1. The second kappa shape index (κ2) is 2.42. The number of aryl methyl sites for hydroxylation is 1. The molecule has 0 saturated carbocycles. The van der Waals surface area contributed by atoms with Gasteiger partial charge < -0.3 is 9.67 Å². The van der Waals surface area contributed by atoms with Crippen molar-refractivity contribution in [3.05, 3.63) is 29.4 Å². The van der Waals surface area contributed by atoms with Crippen molar-refractivity contribution >= 4 is 22.5 Å². The van der Waals surface area contributed by atoms with Gasteiger partial charge in [-0.1, -0.05) is 17.7 Å². The van der Waals surface area contributed by atoms with Crippen molar-refractivity contribution in [1.29, 1.82) is 0 Å². The van der Waals surface area contributed by atoms with Crippen LogP contribution in [-0.4, -0.2) is 9.67 Å². The van der Waals surface area contributed by atoms with E-state index in [2.05, 4.69) is 0 Å². The van der Waals surface area contributed by atoms with Gasteiger partial charge in [-0.15, -0.1) is 0 Å². The second-order valence-corrected chi connectivity index (χ2v) is 3.17. The van der Waals surface area contributed by atoms with E-state index in [1.54, 1.807) is 12.3 Å². The maximum atomic E-state index is 9.47. The molecule has 3 heteroatoms. The molecular weight excluding hydrogens is 174 g/mol. The Morgan fingerprint density at radius 2 is 2.17 bits per heavy atom. The van der Waals surface area contributed by atoms with Crippen LogP contribution in [0.3, 0.4) is 0 Å². The third-order valence-electron chi connectivity index (χ3n) is 1.94. The van der Waals surface area contributed by atoms with Gasteiger partial charge in [-0.25, -0.2) is 0 Å². The lowest BCUT2D eigenvalue weighted by molar-refractivity contribution is 0.479. The fourth-order valence-corrected chi connectivity index (χ4v) is 1.64. The molecular formula is C9H8ClNO. The Morgan fingerprint density at radius 3 is 2.83 bits per heavy atom. The number of aromatic hydroxyl groups is 1. The number of hydrogen-bond acceptors (Lipinski definition) is 1. The highest BCUT2D eigenvalue weighted by atomic mass is 35.5. The van der Waals surface area contributed by atoms with Crippen LogP contribution in [0.15, 0.2) is 24.4 Å². The minimum atomic E-state index is 0.234. The quantitative estimate of drug-likeness (QED) is 0.664. The Kier molecular flexibility index (Phi) is 1.51. The topological polar surface area (TPSA) is 25.2 Å². The largest absolute Gasteiger partial charge is 0.506 e. The lowest BCUT2D eigenvalue weighted by Gasteiger charge is -1.95. The summed E-state index contributed by atoms with van der Waals surface area (Å²) in [5.41, 5.74) is 0.944. The van der Waals surface area contributed by atoms with Crippen LogP contribution >= 0.6 is 11.6 Å². The number of aromatic nitrogens is 1. The maximum absolute atomic E-state index is 9.47. The van der Waals surface area contributed by atoms with Crippen LogP contribution in [0.25, 0.3) is 10.9 Å². The zero-order chi connectivity index (χ0) is 8.72. The van der Waals surface area contributed by atoms with Gasteiger partial charge in [0.25, 0.3) is 0 Å². The zero-order valence-electron chi connectivity index (χ0n) is 6.58. The fourth-order valence-electron chi connectivity index (χ4n) is 1.38. The highest BCUT2D eigenvalue weighted by molar-refractivity contribution is 6.36. The smallest absolute Gasteiger partial charge is 0.142 e. The first-order chi connectivity index (χ1) is 5.70. The van der Waals surface area contributed by atoms with Gasteiger partial charge in [0.1, 0.15) is 5.75 Å². The van der Waals surface area contributed by atoms with E-state index in [1.165, 1.54) is 0 Å². The number of halogens is 1. The molecule has 1 aromatic heterocycles. The van der Waals surface area contributed by atoms with Gasteiger partial charge in [-0.05, 0) is 12.1 Å². The first kappa shape index (κ1) is 7.50. The van der Waals surface area contributed by atoms with Crippen molar-refractivity contribution in [3.63, 3.8) is 0 Å². The van der Waals surface area contributed by atoms with Crippen molar-refractivity contribution in [2.75, 3.05) is 0 Å². The third-order valence-corrected chi connectivity index (χ3v) is 2.26. The average Bonchev–Trinajstić information content (AvgIpc) is 2.29. The SMILES string of the molecule is Cn1cc(O)c2c(Cl)cccc21. The molecule has 0 aliphatic rings. The van der Waals surface area contributed by atoms with E-state index in [9.17, 15) is 5.11 Å². The summed E-state index contributed by atoms with van der Waals surface area (Å²) in [7, 11) is 1.87. The molecule has 2 rings (SSSR count). The predicted molar refractivity (Wildman–Crippen MR) is 49.6 cm³/mol. The summed E-state index contributed by atoms with van der Waals surface area (Å²) in [6.07, 6.45) is 1.65. The van der Waals surface area contributed by atoms with Crippen LogP contribution in [0.1, 0.15) is 0 Å². The van der Waals surface area contributed by atoms with Gasteiger partial charge in [-0.3, -0.25) is 0 Å².